The van der Waals surface area contributed by atoms with E-state index in [-0.39, 0.29) is 0 Å². The van der Waals surface area contributed by atoms with Gasteiger partial charge in [0.1, 0.15) is 0 Å². The summed E-state index contributed by atoms with van der Waals surface area (Å²) in [4.78, 5) is 6.90. The van der Waals surface area contributed by atoms with Crippen LogP contribution in [0.4, 0.5) is 0 Å². The van der Waals surface area contributed by atoms with Gasteiger partial charge in [-0.3, -0.25) is 4.99 Å². The van der Waals surface area contributed by atoms with Crippen molar-refractivity contribution in [2.75, 3.05) is 47.0 Å². The molecule has 1 atom stereocenters. The number of methoxy groups -OCH3 is 1. The van der Waals surface area contributed by atoms with Gasteiger partial charge in [0.15, 0.2) is 5.96 Å². The Hall–Kier alpha value is -0.810. The maximum atomic E-state index is 5.95. The largest absolute Gasteiger partial charge is 0.385 e. The lowest BCUT2D eigenvalue weighted by molar-refractivity contribution is 0.00988. The zero-order chi connectivity index (χ0) is 18.3. The number of piperidine rings is 1. The fourth-order valence-electron chi connectivity index (χ4n) is 3.50. The van der Waals surface area contributed by atoms with Crippen molar-refractivity contribution in [2.45, 2.75) is 71.3 Å². The highest BCUT2D eigenvalue weighted by molar-refractivity contribution is 5.79. The molecule has 0 radical (unpaired) electrons. The van der Waals surface area contributed by atoms with Crippen LogP contribution >= 0.6 is 0 Å². The molecule has 0 bridgehead atoms. The zero-order valence-corrected chi connectivity index (χ0v) is 17.1. The number of nitrogens with zero attached hydrogens (tertiary/aromatic N) is 2. The number of unbranched alkanes of at least 4 members (excludes halogenated alkanes) is 1. The lowest BCUT2D eigenvalue weighted by Gasteiger charge is -2.34. The molecule has 0 aromatic rings. The van der Waals surface area contributed by atoms with Crippen LogP contribution in [0.1, 0.15) is 65.2 Å². The number of aliphatic imine (C=N–C) groups is 1. The van der Waals surface area contributed by atoms with Crippen LogP contribution in [0.15, 0.2) is 4.99 Å². The quantitative estimate of drug-likeness (QED) is 0.329. The molecule has 1 aliphatic heterocycles. The number of guanidine groups is 1. The minimum absolute atomic E-state index is 0.392. The molecule has 0 saturated carbocycles. The summed E-state index contributed by atoms with van der Waals surface area (Å²) in [5.74, 6) is 1.83. The van der Waals surface area contributed by atoms with Gasteiger partial charge in [-0.25, -0.2) is 0 Å². The third kappa shape index (κ3) is 9.45. The third-order valence-electron chi connectivity index (χ3n) is 5.01. The maximum Gasteiger partial charge on any atom is 0.193 e. The van der Waals surface area contributed by atoms with E-state index in [1.165, 1.54) is 32.1 Å². The van der Waals surface area contributed by atoms with Crippen LogP contribution in [-0.2, 0) is 9.47 Å². The van der Waals surface area contributed by atoms with Gasteiger partial charge in [-0.15, -0.1) is 0 Å². The van der Waals surface area contributed by atoms with Gasteiger partial charge >= 0.3 is 0 Å². The summed E-state index contributed by atoms with van der Waals surface area (Å²) < 4.78 is 11.0. The second kappa shape index (κ2) is 14.4. The predicted molar refractivity (Wildman–Crippen MR) is 106 cm³/mol. The van der Waals surface area contributed by atoms with Gasteiger partial charge in [-0.1, -0.05) is 33.1 Å². The molecule has 1 saturated heterocycles. The van der Waals surface area contributed by atoms with Crippen molar-refractivity contribution in [3.05, 3.63) is 0 Å². The van der Waals surface area contributed by atoms with E-state index >= 15 is 0 Å². The Balaban J connectivity index is 2.30. The first-order valence-corrected chi connectivity index (χ1v) is 10.3. The summed E-state index contributed by atoms with van der Waals surface area (Å²) in [6, 6.07) is 0. The Morgan fingerprint density at radius 1 is 1.12 bits per heavy atom. The van der Waals surface area contributed by atoms with Crippen molar-refractivity contribution >= 4 is 5.96 Å². The number of hydrogen-bond donors (Lipinski definition) is 1. The van der Waals surface area contributed by atoms with E-state index in [2.05, 4.69) is 29.1 Å². The average molecular weight is 356 g/mol. The van der Waals surface area contributed by atoms with Crippen molar-refractivity contribution in [2.24, 2.45) is 10.9 Å². The second-order valence-electron chi connectivity index (χ2n) is 7.13. The molecule has 0 spiro atoms. The van der Waals surface area contributed by atoms with Crippen LogP contribution in [0.3, 0.4) is 0 Å². The fourth-order valence-corrected chi connectivity index (χ4v) is 3.50. The average Bonchev–Trinajstić information content (AvgIpc) is 2.64. The van der Waals surface area contributed by atoms with Crippen molar-refractivity contribution in [1.82, 2.24) is 10.2 Å². The molecule has 148 valence electrons. The molecule has 1 rings (SSSR count). The zero-order valence-electron chi connectivity index (χ0n) is 17.1. The molecule has 25 heavy (non-hydrogen) atoms. The predicted octanol–water partition coefficient (Wildman–Crippen LogP) is 3.69. The Kier molecular flexibility index (Phi) is 12.8. The van der Waals surface area contributed by atoms with Gasteiger partial charge < -0.3 is 19.7 Å². The number of hydrogen-bond acceptors (Lipinski definition) is 3. The van der Waals surface area contributed by atoms with E-state index in [1.54, 1.807) is 7.11 Å². The number of rotatable bonds is 12. The minimum Gasteiger partial charge on any atom is -0.385 e. The minimum atomic E-state index is 0.392. The topological polar surface area (TPSA) is 46.1 Å². The van der Waals surface area contributed by atoms with E-state index < -0.39 is 0 Å². The lowest BCUT2D eigenvalue weighted by atomic mass is 9.97. The van der Waals surface area contributed by atoms with Gasteiger partial charge in [0.2, 0.25) is 0 Å². The molecule has 1 fully saturated rings. The molecule has 0 aliphatic carbocycles. The van der Waals surface area contributed by atoms with Crippen molar-refractivity contribution in [3.63, 3.8) is 0 Å². The van der Waals surface area contributed by atoms with Crippen LogP contribution in [0, 0.1) is 5.92 Å². The van der Waals surface area contributed by atoms with E-state index in [0.717, 1.165) is 64.0 Å². The standard InChI is InChI=1S/C20H41N3O2/c1-5-7-10-18(9-6-2)17-22-20(21-3)23-13-11-19(12-14-23)25-16-8-15-24-4/h18-19H,5-17H2,1-4H3,(H,21,22). The fraction of sp³-hybridized carbons (Fsp3) is 0.950. The number of nitrogens with one attached hydrogen (secondary N) is 1. The van der Waals surface area contributed by atoms with Gasteiger partial charge in [-0.05, 0) is 38.0 Å². The molecular formula is C20H41N3O2. The van der Waals surface area contributed by atoms with Gasteiger partial charge in [0.05, 0.1) is 6.10 Å². The van der Waals surface area contributed by atoms with Crippen LogP contribution in [0.5, 0.6) is 0 Å². The van der Waals surface area contributed by atoms with Crippen molar-refractivity contribution < 1.29 is 9.47 Å². The smallest absolute Gasteiger partial charge is 0.193 e. The maximum absolute atomic E-state index is 5.95. The first-order chi connectivity index (χ1) is 12.2. The van der Waals surface area contributed by atoms with Crippen LogP contribution in [0.2, 0.25) is 0 Å². The van der Waals surface area contributed by atoms with E-state index in [0.29, 0.717) is 6.10 Å². The van der Waals surface area contributed by atoms with Crippen molar-refractivity contribution in [3.8, 4) is 0 Å². The van der Waals surface area contributed by atoms with Gasteiger partial charge in [-0.2, -0.15) is 0 Å². The van der Waals surface area contributed by atoms with E-state index in [4.69, 9.17) is 9.47 Å². The van der Waals surface area contributed by atoms with Gasteiger partial charge in [0.25, 0.3) is 0 Å². The highest BCUT2D eigenvalue weighted by Gasteiger charge is 2.22. The first kappa shape index (κ1) is 22.2. The third-order valence-corrected chi connectivity index (χ3v) is 5.01. The molecule has 1 heterocycles. The molecule has 0 aromatic heterocycles. The second-order valence-corrected chi connectivity index (χ2v) is 7.13. The van der Waals surface area contributed by atoms with E-state index in [1.807, 2.05) is 7.05 Å². The molecule has 1 unspecified atom stereocenters. The summed E-state index contributed by atoms with van der Waals surface area (Å²) in [5.41, 5.74) is 0. The summed E-state index contributed by atoms with van der Waals surface area (Å²) in [6.07, 6.45) is 10.1. The Morgan fingerprint density at radius 3 is 2.48 bits per heavy atom. The summed E-state index contributed by atoms with van der Waals surface area (Å²) in [5, 5.41) is 3.63. The summed E-state index contributed by atoms with van der Waals surface area (Å²) in [7, 11) is 3.64. The summed E-state index contributed by atoms with van der Waals surface area (Å²) >= 11 is 0. The number of ether oxygens (including phenoxy) is 2. The molecule has 0 amide bonds. The normalized spacial score (nSPS) is 17.8. The van der Waals surface area contributed by atoms with Crippen LogP contribution in [-0.4, -0.2) is 64.0 Å². The van der Waals surface area contributed by atoms with Crippen molar-refractivity contribution in [1.29, 1.82) is 0 Å². The SMILES string of the molecule is CCCCC(CCC)CNC(=NC)N1CCC(OCCCOC)CC1. The first-order valence-electron chi connectivity index (χ1n) is 10.3. The summed E-state index contributed by atoms with van der Waals surface area (Å²) in [6.45, 7) is 9.26. The van der Waals surface area contributed by atoms with E-state index in [9.17, 15) is 0 Å². The number of likely N-dealkylation sites (tertiary alicyclic amines) is 1. The van der Waals surface area contributed by atoms with Crippen LogP contribution < -0.4 is 5.32 Å². The Morgan fingerprint density at radius 2 is 1.88 bits per heavy atom. The molecule has 1 aliphatic rings. The Labute approximate surface area is 155 Å². The molecular weight excluding hydrogens is 314 g/mol. The molecule has 5 nitrogen and oxygen atoms in total. The highest BCUT2D eigenvalue weighted by Crippen LogP contribution is 2.16. The molecule has 5 heteroatoms. The Bertz CT molecular complexity index is 342. The lowest BCUT2D eigenvalue weighted by Crippen LogP contribution is -2.48. The molecule has 1 N–H and O–H groups in total. The molecule has 0 aromatic carbocycles. The monoisotopic (exact) mass is 355 g/mol. The highest BCUT2D eigenvalue weighted by atomic mass is 16.5. The van der Waals surface area contributed by atoms with Crippen LogP contribution in [0.25, 0.3) is 0 Å². The van der Waals surface area contributed by atoms with Gasteiger partial charge in [0, 0.05) is 47.0 Å².